The molecule has 2 rings (SSSR count). The molecule has 114 valence electrons. The average molecular weight is 383 g/mol. The van der Waals surface area contributed by atoms with Gasteiger partial charge in [0.05, 0.1) is 0 Å². The number of sulfonamides is 1. The van der Waals surface area contributed by atoms with Crippen LogP contribution >= 0.6 is 15.9 Å². The predicted octanol–water partition coefficient (Wildman–Crippen LogP) is 3.23. The van der Waals surface area contributed by atoms with Crippen molar-refractivity contribution in [1.29, 1.82) is 0 Å². The number of nitrogens with one attached hydrogen (secondary N) is 1. The summed E-state index contributed by atoms with van der Waals surface area (Å²) < 4.78 is 64.0. The van der Waals surface area contributed by atoms with Gasteiger partial charge >= 0.3 is 6.18 Å². The summed E-state index contributed by atoms with van der Waals surface area (Å²) in [6, 6.07) is 4.21. The molecule has 1 aromatic carbocycles. The zero-order valence-corrected chi connectivity index (χ0v) is 13.1. The van der Waals surface area contributed by atoms with Gasteiger partial charge in [0.15, 0.2) is 5.03 Å². The van der Waals surface area contributed by atoms with Crippen molar-refractivity contribution in [3.8, 4) is 0 Å². The van der Waals surface area contributed by atoms with Crippen LogP contribution in [0.5, 0.6) is 0 Å². The molecule has 1 heterocycles. The molecule has 4 nitrogen and oxygen atoms in total. The van der Waals surface area contributed by atoms with Crippen molar-refractivity contribution in [3.05, 3.63) is 34.9 Å². The van der Waals surface area contributed by atoms with E-state index in [1.165, 1.54) is 12.3 Å². The summed E-state index contributed by atoms with van der Waals surface area (Å²) in [5.74, 6) is 0. The summed E-state index contributed by atoms with van der Waals surface area (Å²) in [5.41, 5.74) is 0. The molecule has 1 atom stereocenters. The molecule has 2 aromatic rings. The third kappa shape index (κ3) is 3.35. The number of fused-ring (bicyclic) bond motifs is 1. The highest BCUT2D eigenvalue weighted by atomic mass is 79.9. The van der Waals surface area contributed by atoms with Crippen molar-refractivity contribution in [2.24, 2.45) is 0 Å². The Morgan fingerprint density at radius 3 is 2.38 bits per heavy atom. The standard InChI is InChI=1S/C12H10BrF3N2O2S/c1-7(12(14,15)16)18-21(19,20)11-9-5-3-2-4-8(9)10(13)6-17-11/h2-7,18H,1H3/t7-/m0/s1. The van der Waals surface area contributed by atoms with E-state index in [9.17, 15) is 21.6 Å². The molecule has 0 saturated carbocycles. The van der Waals surface area contributed by atoms with Crippen LogP contribution in [-0.2, 0) is 10.0 Å². The van der Waals surface area contributed by atoms with E-state index in [0.29, 0.717) is 9.86 Å². The van der Waals surface area contributed by atoms with Gasteiger partial charge in [-0.15, -0.1) is 0 Å². The SMILES string of the molecule is C[C@H](NS(=O)(=O)c1ncc(Br)c2ccccc12)C(F)(F)F. The lowest BCUT2D eigenvalue weighted by atomic mass is 10.2. The van der Waals surface area contributed by atoms with Gasteiger partial charge in [-0.1, -0.05) is 24.3 Å². The van der Waals surface area contributed by atoms with E-state index in [4.69, 9.17) is 0 Å². The second-order valence-electron chi connectivity index (χ2n) is 4.34. The van der Waals surface area contributed by atoms with E-state index in [1.807, 2.05) is 0 Å². The topological polar surface area (TPSA) is 59.1 Å². The molecular formula is C12H10BrF3N2O2S. The van der Waals surface area contributed by atoms with Crippen molar-refractivity contribution in [3.63, 3.8) is 0 Å². The number of alkyl halides is 3. The molecule has 9 heteroatoms. The van der Waals surface area contributed by atoms with Crippen LogP contribution in [0.25, 0.3) is 10.8 Å². The maximum Gasteiger partial charge on any atom is 0.404 e. The molecule has 0 radical (unpaired) electrons. The van der Waals surface area contributed by atoms with Crippen LogP contribution in [0.1, 0.15) is 6.92 Å². The molecule has 1 aromatic heterocycles. The van der Waals surface area contributed by atoms with Crippen LogP contribution in [0.15, 0.2) is 40.0 Å². The Morgan fingerprint density at radius 2 is 1.81 bits per heavy atom. The highest BCUT2D eigenvalue weighted by Gasteiger charge is 2.39. The van der Waals surface area contributed by atoms with Gasteiger partial charge < -0.3 is 0 Å². The normalized spacial score (nSPS) is 14.3. The fourth-order valence-electron chi connectivity index (χ4n) is 1.70. The molecule has 0 aliphatic rings. The quantitative estimate of drug-likeness (QED) is 0.886. The predicted molar refractivity (Wildman–Crippen MR) is 75.3 cm³/mol. The first kappa shape index (κ1) is 16.2. The molecule has 1 N–H and O–H groups in total. The number of nitrogens with zero attached hydrogens (tertiary/aromatic N) is 1. The molecule has 0 saturated heterocycles. The second kappa shape index (κ2) is 5.54. The van der Waals surface area contributed by atoms with Crippen molar-refractivity contribution in [2.75, 3.05) is 0 Å². The largest absolute Gasteiger partial charge is 0.404 e. The van der Waals surface area contributed by atoms with E-state index >= 15 is 0 Å². The van der Waals surface area contributed by atoms with Crippen LogP contribution in [0.2, 0.25) is 0 Å². The third-order valence-electron chi connectivity index (χ3n) is 2.79. The number of rotatable bonds is 3. The summed E-state index contributed by atoms with van der Waals surface area (Å²) in [7, 11) is -4.39. The molecule has 0 spiro atoms. The number of aromatic nitrogens is 1. The Balaban J connectivity index is 2.54. The van der Waals surface area contributed by atoms with Crippen LogP contribution < -0.4 is 4.72 Å². The number of hydrogen-bond acceptors (Lipinski definition) is 3. The van der Waals surface area contributed by atoms with Crippen molar-refractivity contribution in [2.45, 2.75) is 24.2 Å². The number of hydrogen-bond donors (Lipinski definition) is 1. The zero-order chi connectivity index (χ0) is 15.8. The second-order valence-corrected chi connectivity index (χ2v) is 6.83. The maximum absolute atomic E-state index is 12.5. The fourth-order valence-corrected chi connectivity index (χ4v) is 3.52. The molecule has 0 aliphatic carbocycles. The lowest BCUT2D eigenvalue weighted by Crippen LogP contribution is -2.43. The molecule has 0 unspecified atom stereocenters. The van der Waals surface area contributed by atoms with E-state index in [1.54, 1.807) is 22.9 Å². The van der Waals surface area contributed by atoms with Gasteiger partial charge in [-0.3, -0.25) is 0 Å². The van der Waals surface area contributed by atoms with Crippen LogP contribution in [0, 0.1) is 0 Å². The Bertz CT molecular complexity index is 778. The summed E-state index contributed by atoms with van der Waals surface area (Å²) in [6.45, 7) is 0.735. The molecule has 0 aliphatic heterocycles. The lowest BCUT2D eigenvalue weighted by molar-refractivity contribution is -0.147. The fraction of sp³-hybridized carbons (Fsp3) is 0.250. The van der Waals surface area contributed by atoms with E-state index in [0.717, 1.165) is 6.92 Å². The molecular weight excluding hydrogens is 373 g/mol. The molecule has 0 amide bonds. The van der Waals surface area contributed by atoms with Gasteiger partial charge in [0, 0.05) is 21.4 Å². The van der Waals surface area contributed by atoms with Gasteiger partial charge in [-0.25, -0.2) is 13.4 Å². The first-order valence-corrected chi connectivity index (χ1v) is 8.03. The molecule has 21 heavy (non-hydrogen) atoms. The minimum absolute atomic E-state index is 0.244. The summed E-state index contributed by atoms with van der Waals surface area (Å²) >= 11 is 3.22. The van der Waals surface area contributed by atoms with E-state index < -0.39 is 27.3 Å². The minimum Gasteiger partial charge on any atom is -0.242 e. The summed E-state index contributed by atoms with van der Waals surface area (Å²) in [5, 5.41) is 0.360. The number of pyridine rings is 1. The first-order chi connectivity index (χ1) is 9.63. The first-order valence-electron chi connectivity index (χ1n) is 5.75. The van der Waals surface area contributed by atoms with Crippen molar-refractivity contribution in [1.82, 2.24) is 9.71 Å². The van der Waals surface area contributed by atoms with Gasteiger partial charge in [-0.2, -0.15) is 17.9 Å². The average Bonchev–Trinajstić information content (AvgIpc) is 2.37. The highest BCUT2D eigenvalue weighted by Crippen LogP contribution is 2.28. The van der Waals surface area contributed by atoms with E-state index in [-0.39, 0.29) is 5.39 Å². The monoisotopic (exact) mass is 382 g/mol. The molecule has 0 fully saturated rings. The third-order valence-corrected chi connectivity index (χ3v) is 4.92. The summed E-state index contributed by atoms with van der Waals surface area (Å²) in [6.07, 6.45) is -3.42. The van der Waals surface area contributed by atoms with Gasteiger partial charge in [0.25, 0.3) is 10.0 Å². The molecule has 0 bridgehead atoms. The van der Waals surface area contributed by atoms with Crippen LogP contribution in [-0.4, -0.2) is 25.6 Å². The van der Waals surface area contributed by atoms with E-state index in [2.05, 4.69) is 20.9 Å². The van der Waals surface area contributed by atoms with Gasteiger partial charge in [-0.05, 0) is 22.9 Å². The minimum atomic E-state index is -4.67. The van der Waals surface area contributed by atoms with Gasteiger partial charge in [0.2, 0.25) is 0 Å². The number of halogens is 4. The maximum atomic E-state index is 12.5. The highest BCUT2D eigenvalue weighted by molar-refractivity contribution is 9.10. The summed E-state index contributed by atoms with van der Waals surface area (Å²) in [4.78, 5) is 3.75. The number of benzene rings is 1. The zero-order valence-electron chi connectivity index (χ0n) is 10.6. The van der Waals surface area contributed by atoms with Crippen molar-refractivity contribution >= 4 is 36.7 Å². The Morgan fingerprint density at radius 1 is 1.24 bits per heavy atom. The van der Waals surface area contributed by atoms with Crippen LogP contribution in [0.3, 0.4) is 0 Å². The van der Waals surface area contributed by atoms with Crippen molar-refractivity contribution < 1.29 is 21.6 Å². The van der Waals surface area contributed by atoms with Crippen LogP contribution in [0.4, 0.5) is 13.2 Å². The smallest absolute Gasteiger partial charge is 0.242 e. The lowest BCUT2D eigenvalue weighted by Gasteiger charge is -2.17. The van der Waals surface area contributed by atoms with Gasteiger partial charge in [0.1, 0.15) is 6.04 Å². The Labute approximate surface area is 127 Å². The Hall–Kier alpha value is -1.19. The Kier molecular flexibility index (Phi) is 4.27.